The molecule has 2 aromatic heterocycles. The van der Waals surface area contributed by atoms with E-state index in [1.54, 1.807) is 52.5 Å². The van der Waals surface area contributed by atoms with Gasteiger partial charge in [-0.1, -0.05) is 12.1 Å². The molecule has 0 fully saturated rings. The lowest BCUT2D eigenvalue weighted by Crippen LogP contribution is -2.15. The highest BCUT2D eigenvalue weighted by molar-refractivity contribution is 5.90. The van der Waals surface area contributed by atoms with Crippen LogP contribution in [-0.4, -0.2) is 30.9 Å². The summed E-state index contributed by atoms with van der Waals surface area (Å²) in [6, 6.07) is 8.81. The molecule has 0 atom stereocenters. The Bertz CT molecular complexity index is 823. The molecule has 124 valence electrons. The van der Waals surface area contributed by atoms with Gasteiger partial charge in [0.25, 0.3) is 0 Å². The van der Waals surface area contributed by atoms with Crippen molar-refractivity contribution >= 4 is 11.9 Å². The predicted octanol–water partition coefficient (Wildman–Crippen LogP) is 2.19. The lowest BCUT2D eigenvalue weighted by Gasteiger charge is -2.04. The molecule has 24 heavy (non-hydrogen) atoms. The summed E-state index contributed by atoms with van der Waals surface area (Å²) in [5, 5.41) is 11.3. The van der Waals surface area contributed by atoms with Crippen LogP contribution in [0.2, 0.25) is 0 Å². The van der Waals surface area contributed by atoms with E-state index in [0.717, 1.165) is 5.69 Å². The fraction of sp³-hybridized carbons (Fsp3) is 0.143. The Balaban J connectivity index is 1.61. The van der Waals surface area contributed by atoms with Gasteiger partial charge in [0.1, 0.15) is 0 Å². The molecule has 7 nitrogen and oxygen atoms in total. The summed E-state index contributed by atoms with van der Waals surface area (Å²) in [6.45, 7) is 0. The van der Waals surface area contributed by atoms with E-state index in [4.69, 9.17) is 0 Å². The largest absolute Gasteiger partial charge is 0.451 e. The number of H-pyrrole nitrogens is 1. The number of halogens is 3. The second-order valence-electron chi connectivity index (χ2n) is 4.85. The molecule has 3 aromatic rings. The van der Waals surface area contributed by atoms with Gasteiger partial charge in [0, 0.05) is 12.4 Å². The monoisotopic (exact) mass is 336 g/mol. The highest BCUT2D eigenvalue weighted by atomic mass is 19.4. The predicted molar refractivity (Wildman–Crippen MR) is 77.3 cm³/mol. The number of aromatic amines is 1. The van der Waals surface area contributed by atoms with Crippen molar-refractivity contribution in [1.29, 1.82) is 0 Å². The summed E-state index contributed by atoms with van der Waals surface area (Å²) in [7, 11) is 0. The van der Waals surface area contributed by atoms with Gasteiger partial charge < -0.3 is 0 Å². The molecular weight excluding hydrogens is 325 g/mol. The van der Waals surface area contributed by atoms with Crippen LogP contribution in [-0.2, 0) is 17.4 Å². The molecule has 0 aliphatic rings. The Morgan fingerprint density at radius 2 is 2.00 bits per heavy atom. The minimum Gasteiger partial charge on any atom is -0.293 e. The Labute approximate surface area is 133 Å². The van der Waals surface area contributed by atoms with E-state index in [9.17, 15) is 18.0 Å². The zero-order valence-corrected chi connectivity index (χ0v) is 12.1. The Hall–Kier alpha value is -3.17. The second-order valence-corrected chi connectivity index (χ2v) is 4.85. The van der Waals surface area contributed by atoms with E-state index in [1.807, 2.05) is 0 Å². The minimum atomic E-state index is -4.64. The Morgan fingerprint density at radius 3 is 2.58 bits per heavy atom. The topological polar surface area (TPSA) is 88.5 Å². The second kappa shape index (κ2) is 6.14. The Kier molecular flexibility index (Phi) is 4.02. The smallest absolute Gasteiger partial charge is 0.293 e. The van der Waals surface area contributed by atoms with Crippen LogP contribution in [0.15, 0.2) is 42.7 Å². The average molecular weight is 336 g/mol. The molecule has 0 aliphatic carbocycles. The number of amides is 1. The molecule has 1 aromatic carbocycles. The first-order chi connectivity index (χ1) is 11.4. The molecule has 0 aliphatic heterocycles. The maximum atomic E-state index is 12.4. The summed E-state index contributed by atoms with van der Waals surface area (Å²) in [5.74, 6) is -2.20. The molecule has 0 saturated carbocycles. The first kappa shape index (κ1) is 15.7. The van der Waals surface area contributed by atoms with Gasteiger partial charge in [0.05, 0.1) is 12.1 Å². The third-order valence-corrected chi connectivity index (χ3v) is 3.08. The quantitative estimate of drug-likeness (QED) is 0.764. The van der Waals surface area contributed by atoms with Crippen LogP contribution in [0.25, 0.3) is 5.69 Å². The summed E-state index contributed by atoms with van der Waals surface area (Å²) >= 11 is 0. The molecule has 0 bridgehead atoms. The van der Waals surface area contributed by atoms with E-state index in [-0.39, 0.29) is 6.42 Å². The molecule has 2 heterocycles. The molecule has 0 spiro atoms. The van der Waals surface area contributed by atoms with E-state index < -0.39 is 23.9 Å². The third kappa shape index (κ3) is 3.59. The molecule has 0 saturated heterocycles. The lowest BCUT2D eigenvalue weighted by atomic mass is 10.1. The molecule has 0 unspecified atom stereocenters. The number of benzene rings is 1. The third-order valence-electron chi connectivity index (χ3n) is 3.08. The van der Waals surface area contributed by atoms with Crippen LogP contribution in [0.4, 0.5) is 19.1 Å². The number of alkyl halides is 3. The summed E-state index contributed by atoms with van der Waals surface area (Å²) in [6.07, 6.45) is -1.23. The van der Waals surface area contributed by atoms with Crippen molar-refractivity contribution in [3.63, 3.8) is 0 Å². The van der Waals surface area contributed by atoms with Crippen LogP contribution < -0.4 is 5.32 Å². The molecule has 1 amide bonds. The number of carbonyl (C=O) groups is 1. The number of nitrogens with one attached hydrogen (secondary N) is 2. The minimum absolute atomic E-state index is 0.0186. The first-order valence-corrected chi connectivity index (χ1v) is 6.80. The van der Waals surface area contributed by atoms with Crippen LogP contribution in [0.3, 0.4) is 0 Å². The molecule has 2 N–H and O–H groups in total. The standard InChI is InChI=1S/C14H11F3N6O/c15-14(16,17)12-20-13(22-21-12)19-11(24)8-9-2-4-10(5-3-9)23-7-1-6-18-23/h1-7H,8H2,(H2,19,20,21,22,24). The number of aromatic nitrogens is 5. The summed E-state index contributed by atoms with van der Waals surface area (Å²) < 4.78 is 38.8. The lowest BCUT2D eigenvalue weighted by molar-refractivity contribution is -0.144. The Morgan fingerprint density at radius 1 is 1.25 bits per heavy atom. The van der Waals surface area contributed by atoms with Gasteiger partial charge in [-0.15, -0.1) is 5.10 Å². The van der Waals surface area contributed by atoms with E-state index in [0.29, 0.717) is 5.56 Å². The van der Waals surface area contributed by atoms with E-state index in [1.165, 1.54) is 0 Å². The zero-order chi connectivity index (χ0) is 17.2. The fourth-order valence-corrected chi connectivity index (χ4v) is 1.99. The molecule has 0 radical (unpaired) electrons. The highest BCUT2D eigenvalue weighted by Gasteiger charge is 2.35. The van der Waals surface area contributed by atoms with Crippen molar-refractivity contribution in [1.82, 2.24) is 25.0 Å². The first-order valence-electron chi connectivity index (χ1n) is 6.80. The van der Waals surface area contributed by atoms with Crippen molar-refractivity contribution in [2.75, 3.05) is 5.32 Å². The maximum Gasteiger partial charge on any atom is 0.451 e. The maximum absolute atomic E-state index is 12.4. The van der Waals surface area contributed by atoms with E-state index >= 15 is 0 Å². The number of rotatable bonds is 4. The number of nitrogens with zero attached hydrogens (tertiary/aromatic N) is 4. The van der Waals surface area contributed by atoms with Crippen LogP contribution in [0.1, 0.15) is 11.4 Å². The van der Waals surface area contributed by atoms with Gasteiger partial charge in [0.15, 0.2) is 0 Å². The highest BCUT2D eigenvalue weighted by Crippen LogP contribution is 2.26. The number of carbonyl (C=O) groups excluding carboxylic acids is 1. The molecule has 3 rings (SSSR count). The van der Waals surface area contributed by atoms with Crippen molar-refractivity contribution < 1.29 is 18.0 Å². The summed E-state index contributed by atoms with van der Waals surface area (Å²) in [4.78, 5) is 15.0. The van der Waals surface area contributed by atoms with Gasteiger partial charge in [-0.25, -0.2) is 4.68 Å². The number of anilines is 1. The zero-order valence-electron chi connectivity index (χ0n) is 12.1. The van der Waals surface area contributed by atoms with Crippen molar-refractivity contribution in [2.45, 2.75) is 12.6 Å². The average Bonchev–Trinajstić information content (AvgIpc) is 3.18. The molecule has 10 heteroatoms. The molecular formula is C14H11F3N6O. The normalized spacial score (nSPS) is 11.5. The van der Waals surface area contributed by atoms with Crippen LogP contribution in [0.5, 0.6) is 0 Å². The van der Waals surface area contributed by atoms with Gasteiger partial charge >= 0.3 is 6.18 Å². The van der Waals surface area contributed by atoms with Gasteiger partial charge in [-0.05, 0) is 23.8 Å². The summed E-state index contributed by atoms with van der Waals surface area (Å²) in [5.41, 5.74) is 1.52. The van der Waals surface area contributed by atoms with Crippen molar-refractivity contribution in [3.05, 3.63) is 54.1 Å². The van der Waals surface area contributed by atoms with E-state index in [2.05, 4.69) is 20.5 Å². The number of hydrogen-bond donors (Lipinski definition) is 2. The van der Waals surface area contributed by atoms with Gasteiger partial charge in [-0.2, -0.15) is 23.3 Å². The van der Waals surface area contributed by atoms with Gasteiger partial charge in [-0.3, -0.25) is 15.2 Å². The van der Waals surface area contributed by atoms with Crippen LogP contribution in [0, 0.1) is 0 Å². The fourth-order valence-electron chi connectivity index (χ4n) is 1.99. The van der Waals surface area contributed by atoms with Crippen molar-refractivity contribution in [3.8, 4) is 5.69 Å². The van der Waals surface area contributed by atoms with Gasteiger partial charge in [0.2, 0.25) is 17.7 Å². The SMILES string of the molecule is O=C(Cc1ccc(-n2cccn2)cc1)Nc1n[nH]c(C(F)(F)F)n1. The number of hydrogen-bond acceptors (Lipinski definition) is 4. The van der Waals surface area contributed by atoms with Crippen LogP contribution >= 0.6 is 0 Å². The van der Waals surface area contributed by atoms with Crippen molar-refractivity contribution in [2.24, 2.45) is 0 Å².